The van der Waals surface area contributed by atoms with Crippen molar-refractivity contribution in [3.05, 3.63) is 59.9 Å². The molecular formula is C23H31N3O3S. The lowest BCUT2D eigenvalue weighted by Gasteiger charge is -2.27. The number of carbonyl (C=O) groups excluding carboxylic acids is 1. The number of rotatable bonds is 8. The third-order valence-corrected chi connectivity index (χ3v) is 7.44. The van der Waals surface area contributed by atoms with Crippen LogP contribution >= 0.6 is 0 Å². The van der Waals surface area contributed by atoms with Crippen molar-refractivity contribution in [3.63, 3.8) is 0 Å². The summed E-state index contributed by atoms with van der Waals surface area (Å²) in [5.41, 5.74) is 1.97. The second-order valence-electron chi connectivity index (χ2n) is 8.09. The van der Waals surface area contributed by atoms with Crippen molar-refractivity contribution >= 4 is 15.9 Å². The zero-order valence-corrected chi connectivity index (χ0v) is 18.6. The summed E-state index contributed by atoms with van der Waals surface area (Å²) in [5.74, 6) is 0.0823. The molecule has 0 radical (unpaired) electrons. The van der Waals surface area contributed by atoms with Crippen LogP contribution in [0.25, 0.3) is 0 Å². The van der Waals surface area contributed by atoms with Crippen LogP contribution in [0.5, 0.6) is 0 Å². The highest BCUT2D eigenvalue weighted by Gasteiger charge is 2.25. The van der Waals surface area contributed by atoms with Crippen LogP contribution in [0.2, 0.25) is 0 Å². The number of pyridine rings is 1. The average molecular weight is 430 g/mol. The van der Waals surface area contributed by atoms with Gasteiger partial charge in [0.2, 0.25) is 15.9 Å². The zero-order chi connectivity index (χ0) is 21.6. The summed E-state index contributed by atoms with van der Waals surface area (Å²) in [7, 11) is -3.42. The Morgan fingerprint density at radius 1 is 1.07 bits per heavy atom. The number of amides is 1. The lowest BCUT2D eigenvalue weighted by atomic mass is 10.1. The molecule has 162 valence electrons. The summed E-state index contributed by atoms with van der Waals surface area (Å²) in [5, 5.41) is 0. The fourth-order valence-corrected chi connectivity index (χ4v) is 5.24. The van der Waals surface area contributed by atoms with Gasteiger partial charge in [0.15, 0.2) is 0 Å². The van der Waals surface area contributed by atoms with E-state index in [2.05, 4.69) is 4.98 Å². The number of piperidine rings is 1. The molecule has 0 saturated carbocycles. The number of aromatic nitrogens is 1. The van der Waals surface area contributed by atoms with E-state index in [4.69, 9.17) is 0 Å². The minimum Gasteiger partial charge on any atom is -0.336 e. The second-order valence-corrected chi connectivity index (χ2v) is 10.0. The molecule has 1 aliphatic rings. The van der Waals surface area contributed by atoms with Crippen LogP contribution in [0.3, 0.4) is 0 Å². The van der Waals surface area contributed by atoms with E-state index in [-0.39, 0.29) is 11.9 Å². The second kappa shape index (κ2) is 10.2. The van der Waals surface area contributed by atoms with Crippen LogP contribution in [0.1, 0.15) is 50.7 Å². The molecule has 1 amide bonds. The number of carbonyl (C=O) groups is 1. The van der Waals surface area contributed by atoms with Crippen LogP contribution in [0.4, 0.5) is 0 Å². The summed E-state index contributed by atoms with van der Waals surface area (Å²) in [6.45, 7) is 5.75. The van der Waals surface area contributed by atoms with E-state index in [9.17, 15) is 13.2 Å². The average Bonchev–Trinajstić information content (AvgIpc) is 2.77. The SMILES string of the molecule is CC(C)N(Cc1cccnc1)C(=O)CCc1ccc(S(=O)(=O)N2CCCCC2)cc1. The molecule has 1 fully saturated rings. The highest BCUT2D eigenvalue weighted by atomic mass is 32.2. The van der Waals surface area contributed by atoms with E-state index in [1.165, 1.54) is 0 Å². The van der Waals surface area contributed by atoms with Crippen LogP contribution in [-0.4, -0.2) is 47.6 Å². The molecule has 0 spiro atoms. The lowest BCUT2D eigenvalue weighted by Crippen LogP contribution is -2.36. The predicted molar refractivity (Wildman–Crippen MR) is 117 cm³/mol. The number of benzene rings is 1. The number of aryl methyl sites for hydroxylation is 1. The van der Waals surface area contributed by atoms with Crippen molar-refractivity contribution in [1.29, 1.82) is 0 Å². The molecule has 0 bridgehead atoms. The van der Waals surface area contributed by atoms with Gasteiger partial charge in [0.25, 0.3) is 0 Å². The molecule has 6 nitrogen and oxygen atoms in total. The number of nitrogens with zero attached hydrogens (tertiary/aromatic N) is 3. The summed E-state index contributed by atoms with van der Waals surface area (Å²) in [4.78, 5) is 19.1. The maximum Gasteiger partial charge on any atom is 0.243 e. The predicted octanol–water partition coefficient (Wildman–Crippen LogP) is 3.63. The van der Waals surface area contributed by atoms with Gasteiger partial charge >= 0.3 is 0 Å². The topological polar surface area (TPSA) is 70.6 Å². The Morgan fingerprint density at radius 3 is 2.37 bits per heavy atom. The first-order valence-electron chi connectivity index (χ1n) is 10.7. The third kappa shape index (κ3) is 5.67. The Morgan fingerprint density at radius 2 is 1.77 bits per heavy atom. The Kier molecular flexibility index (Phi) is 7.61. The Hall–Kier alpha value is -2.25. The summed E-state index contributed by atoms with van der Waals surface area (Å²) < 4.78 is 27.1. The molecule has 1 aromatic carbocycles. The number of sulfonamides is 1. The molecule has 7 heteroatoms. The van der Waals surface area contributed by atoms with Crippen LogP contribution in [0, 0.1) is 0 Å². The Labute approximate surface area is 180 Å². The van der Waals surface area contributed by atoms with E-state index in [1.807, 2.05) is 43.0 Å². The molecule has 0 unspecified atom stereocenters. The van der Waals surface area contributed by atoms with Gasteiger partial charge in [-0.2, -0.15) is 4.31 Å². The molecule has 1 aliphatic heterocycles. The van der Waals surface area contributed by atoms with Gasteiger partial charge in [0.05, 0.1) is 4.90 Å². The quantitative estimate of drug-likeness (QED) is 0.643. The number of hydrogen-bond acceptors (Lipinski definition) is 4. The summed E-state index contributed by atoms with van der Waals surface area (Å²) in [6.07, 6.45) is 7.41. The van der Waals surface area contributed by atoms with Crippen molar-refractivity contribution in [1.82, 2.24) is 14.2 Å². The monoisotopic (exact) mass is 429 g/mol. The minimum absolute atomic E-state index is 0.0823. The molecule has 1 saturated heterocycles. The van der Waals surface area contributed by atoms with Gasteiger partial charge in [0, 0.05) is 44.5 Å². The molecule has 1 aromatic heterocycles. The standard InChI is InChI=1S/C23H31N3O3S/c1-19(2)26(18-21-7-6-14-24-17-21)23(27)13-10-20-8-11-22(12-9-20)30(28,29)25-15-4-3-5-16-25/h6-9,11-12,14,17,19H,3-5,10,13,15-16,18H2,1-2H3. The van der Waals surface area contributed by atoms with Gasteiger partial charge < -0.3 is 4.90 Å². The molecular weight excluding hydrogens is 398 g/mol. The van der Waals surface area contributed by atoms with Crippen molar-refractivity contribution in [3.8, 4) is 0 Å². The van der Waals surface area contributed by atoms with E-state index >= 15 is 0 Å². The maximum atomic E-state index is 12.8. The largest absolute Gasteiger partial charge is 0.336 e. The van der Waals surface area contributed by atoms with Crippen molar-refractivity contribution in [2.75, 3.05) is 13.1 Å². The van der Waals surface area contributed by atoms with E-state index < -0.39 is 10.0 Å². The van der Waals surface area contributed by atoms with Gasteiger partial charge in [-0.3, -0.25) is 9.78 Å². The van der Waals surface area contributed by atoms with Gasteiger partial charge in [-0.25, -0.2) is 8.42 Å². The highest BCUT2D eigenvalue weighted by Crippen LogP contribution is 2.21. The third-order valence-electron chi connectivity index (χ3n) is 5.52. The van der Waals surface area contributed by atoms with Gasteiger partial charge in [-0.1, -0.05) is 24.6 Å². The minimum atomic E-state index is -3.42. The lowest BCUT2D eigenvalue weighted by molar-refractivity contribution is -0.133. The first-order chi connectivity index (χ1) is 14.4. The number of hydrogen-bond donors (Lipinski definition) is 0. The van der Waals surface area contributed by atoms with Crippen molar-refractivity contribution in [2.45, 2.75) is 63.4 Å². The van der Waals surface area contributed by atoms with E-state index in [0.717, 1.165) is 30.4 Å². The van der Waals surface area contributed by atoms with E-state index in [1.54, 1.807) is 28.8 Å². The summed E-state index contributed by atoms with van der Waals surface area (Å²) in [6, 6.07) is 10.9. The van der Waals surface area contributed by atoms with Crippen LogP contribution in [-0.2, 0) is 27.8 Å². The molecule has 0 N–H and O–H groups in total. The zero-order valence-electron chi connectivity index (χ0n) is 17.8. The molecule has 30 heavy (non-hydrogen) atoms. The fraction of sp³-hybridized carbons (Fsp3) is 0.478. The van der Waals surface area contributed by atoms with Crippen molar-refractivity contribution < 1.29 is 13.2 Å². The molecule has 3 rings (SSSR count). The molecule has 0 aliphatic carbocycles. The molecule has 2 heterocycles. The normalized spacial score (nSPS) is 15.3. The van der Waals surface area contributed by atoms with Crippen LogP contribution in [0.15, 0.2) is 53.7 Å². The molecule has 2 aromatic rings. The van der Waals surface area contributed by atoms with Gasteiger partial charge in [-0.15, -0.1) is 0 Å². The maximum absolute atomic E-state index is 12.8. The van der Waals surface area contributed by atoms with Gasteiger partial charge in [-0.05, 0) is 62.4 Å². The van der Waals surface area contributed by atoms with Gasteiger partial charge in [0.1, 0.15) is 0 Å². The first kappa shape index (κ1) is 22.4. The summed E-state index contributed by atoms with van der Waals surface area (Å²) >= 11 is 0. The Bertz CT molecular complexity index is 922. The fourth-order valence-electron chi connectivity index (χ4n) is 3.72. The first-order valence-corrected chi connectivity index (χ1v) is 12.1. The van der Waals surface area contributed by atoms with Crippen LogP contribution < -0.4 is 0 Å². The molecule has 0 atom stereocenters. The van der Waals surface area contributed by atoms with Crippen molar-refractivity contribution in [2.24, 2.45) is 0 Å². The van der Waals surface area contributed by atoms with E-state index in [0.29, 0.717) is 37.4 Å². The smallest absolute Gasteiger partial charge is 0.243 e. The Balaban J connectivity index is 1.60. The highest BCUT2D eigenvalue weighted by molar-refractivity contribution is 7.89.